The molecule has 0 unspecified atom stereocenters. The molecule has 0 saturated carbocycles. The Balaban J connectivity index is 1.51. The number of aliphatic hydroxyl groups excluding tert-OH is 1. The van der Waals surface area contributed by atoms with Crippen LogP contribution in [0.25, 0.3) is 11.1 Å². The van der Waals surface area contributed by atoms with E-state index in [0.717, 1.165) is 34.5 Å². The van der Waals surface area contributed by atoms with E-state index in [-0.39, 0.29) is 36.5 Å². The van der Waals surface area contributed by atoms with Crippen LogP contribution in [0, 0.1) is 5.92 Å². The van der Waals surface area contributed by atoms with Gasteiger partial charge in [-0.25, -0.2) is 4.79 Å². The molecule has 198 valence electrons. The van der Waals surface area contributed by atoms with E-state index in [9.17, 15) is 14.7 Å². The zero-order valence-electron chi connectivity index (χ0n) is 22.2. The molecular weight excluding hydrogens is 480 g/mol. The molecule has 5 rings (SSSR count). The molecule has 0 bridgehead atoms. The molecule has 0 aromatic heterocycles. The van der Waals surface area contributed by atoms with Gasteiger partial charge in [0.1, 0.15) is 5.75 Å². The lowest BCUT2D eigenvalue weighted by molar-refractivity contribution is 0.0827. The van der Waals surface area contributed by atoms with Gasteiger partial charge in [-0.1, -0.05) is 18.2 Å². The first-order chi connectivity index (χ1) is 18.3. The number of nitrogens with zero attached hydrogens (tertiary/aromatic N) is 3. The zero-order valence-corrected chi connectivity index (χ0v) is 22.2. The maximum absolute atomic E-state index is 13.5. The molecule has 2 aliphatic rings. The number of rotatable bonds is 5. The molecule has 2 N–H and O–H groups in total. The summed E-state index contributed by atoms with van der Waals surface area (Å²) in [5, 5.41) is 13.3. The van der Waals surface area contributed by atoms with E-state index in [4.69, 9.17) is 4.74 Å². The van der Waals surface area contributed by atoms with E-state index in [1.165, 1.54) is 0 Å². The van der Waals surface area contributed by atoms with E-state index in [1.54, 1.807) is 26.1 Å². The number of methoxy groups -OCH3 is 1. The zero-order chi connectivity index (χ0) is 27.0. The summed E-state index contributed by atoms with van der Waals surface area (Å²) in [4.78, 5) is 31.7. The maximum Gasteiger partial charge on any atom is 0.322 e. The number of fused-ring (bicyclic) bond motifs is 3. The van der Waals surface area contributed by atoms with Crippen molar-refractivity contribution in [3.63, 3.8) is 0 Å². The number of likely N-dealkylation sites (tertiary alicyclic amines) is 1. The topological polar surface area (TPSA) is 85.4 Å². The predicted molar refractivity (Wildman–Crippen MR) is 149 cm³/mol. The fourth-order valence-corrected chi connectivity index (χ4v) is 5.82. The largest absolute Gasteiger partial charge is 0.497 e. The van der Waals surface area contributed by atoms with Crippen molar-refractivity contribution < 1.29 is 19.4 Å². The van der Waals surface area contributed by atoms with E-state index >= 15 is 0 Å². The van der Waals surface area contributed by atoms with Gasteiger partial charge in [-0.3, -0.25) is 4.79 Å². The van der Waals surface area contributed by atoms with E-state index in [1.807, 2.05) is 66.5 Å². The molecule has 3 aromatic carbocycles. The number of carbonyl (C=O) groups is 2. The molecule has 8 nitrogen and oxygen atoms in total. The molecule has 1 fully saturated rings. The standard InChI is InChI=1S/C30H34N4O4/c1-32(2)29(36)21-7-5-6-19(16-21)20-8-13-26-25(17-20)28-24(27(18-35)33(26)3)14-15-34(28)30(37)31-22-9-11-23(38-4)12-10-22/h5-13,16-17,24,27-28,35H,14-15,18H2,1-4H3,(H,31,37)/t24-,27+,28-/m0/s1. The lowest BCUT2D eigenvalue weighted by Gasteiger charge is -2.44. The van der Waals surface area contributed by atoms with Gasteiger partial charge in [0.25, 0.3) is 5.91 Å². The van der Waals surface area contributed by atoms with Crippen molar-refractivity contribution in [2.24, 2.45) is 5.92 Å². The van der Waals surface area contributed by atoms with Crippen LogP contribution in [0.2, 0.25) is 0 Å². The van der Waals surface area contributed by atoms with Gasteiger partial charge in [0.15, 0.2) is 0 Å². The maximum atomic E-state index is 13.5. The quantitative estimate of drug-likeness (QED) is 0.525. The van der Waals surface area contributed by atoms with E-state index in [0.29, 0.717) is 17.8 Å². The SMILES string of the molecule is COc1ccc(NC(=O)N2CC[C@@H]3[C@H]2c2cc(-c4cccc(C(=O)N(C)C)c4)ccc2N(C)[C@@H]3CO)cc1. The van der Waals surface area contributed by atoms with Crippen molar-refractivity contribution in [1.29, 1.82) is 0 Å². The van der Waals surface area contributed by atoms with E-state index < -0.39 is 0 Å². The fraction of sp³-hybridized carbons (Fsp3) is 0.333. The molecule has 2 heterocycles. The molecule has 2 aliphatic heterocycles. The Bertz CT molecular complexity index is 1340. The lowest BCUT2D eigenvalue weighted by atomic mass is 9.81. The molecule has 0 spiro atoms. The van der Waals surface area contributed by atoms with Crippen LogP contribution < -0.4 is 15.0 Å². The summed E-state index contributed by atoms with van der Waals surface area (Å²) in [6.45, 7) is 0.611. The van der Waals surface area contributed by atoms with Crippen molar-refractivity contribution in [3.05, 3.63) is 77.9 Å². The summed E-state index contributed by atoms with van der Waals surface area (Å²) in [6.07, 6.45) is 0.798. The van der Waals surface area contributed by atoms with Gasteiger partial charge in [-0.2, -0.15) is 0 Å². The first kappa shape index (κ1) is 25.6. The third-order valence-corrected chi connectivity index (χ3v) is 7.80. The van der Waals surface area contributed by atoms with Gasteiger partial charge in [-0.15, -0.1) is 0 Å². The number of anilines is 2. The monoisotopic (exact) mass is 514 g/mol. The lowest BCUT2D eigenvalue weighted by Crippen LogP contribution is -2.48. The number of hydrogen-bond donors (Lipinski definition) is 2. The second-order valence-corrected chi connectivity index (χ2v) is 10.2. The van der Waals surface area contributed by atoms with Gasteiger partial charge in [-0.05, 0) is 71.6 Å². The van der Waals surface area contributed by atoms with Gasteiger partial charge >= 0.3 is 6.03 Å². The fourth-order valence-electron chi connectivity index (χ4n) is 5.82. The van der Waals surface area contributed by atoms with Crippen molar-refractivity contribution in [1.82, 2.24) is 9.80 Å². The summed E-state index contributed by atoms with van der Waals surface area (Å²) in [6, 6.07) is 20.7. The first-order valence-corrected chi connectivity index (χ1v) is 12.8. The average Bonchev–Trinajstić information content (AvgIpc) is 3.38. The van der Waals surface area contributed by atoms with Crippen LogP contribution >= 0.6 is 0 Å². The Morgan fingerprint density at radius 1 is 1.05 bits per heavy atom. The number of carbonyl (C=O) groups excluding carboxylic acids is 2. The van der Waals surface area contributed by atoms with Gasteiger partial charge in [0.2, 0.25) is 0 Å². The number of amides is 3. The molecule has 8 heteroatoms. The number of likely N-dealkylation sites (N-methyl/N-ethyl adjacent to an activating group) is 1. The van der Waals surface area contributed by atoms with Crippen LogP contribution in [0.3, 0.4) is 0 Å². The number of hydrogen-bond acceptors (Lipinski definition) is 5. The minimum absolute atomic E-state index is 0.0154. The van der Waals surface area contributed by atoms with Gasteiger partial charge in [0, 0.05) is 50.5 Å². The molecule has 3 atom stereocenters. The van der Waals surface area contributed by atoms with Crippen molar-refractivity contribution >= 4 is 23.3 Å². The molecule has 0 radical (unpaired) electrons. The summed E-state index contributed by atoms with van der Waals surface area (Å²) in [5.41, 5.74) is 5.29. The highest BCUT2D eigenvalue weighted by Gasteiger charge is 2.47. The molecule has 38 heavy (non-hydrogen) atoms. The number of benzene rings is 3. The Hall–Kier alpha value is -4.04. The van der Waals surface area contributed by atoms with Crippen LogP contribution in [-0.4, -0.2) is 74.3 Å². The highest BCUT2D eigenvalue weighted by Crippen LogP contribution is 2.49. The Morgan fingerprint density at radius 3 is 2.47 bits per heavy atom. The van der Waals surface area contributed by atoms with Crippen LogP contribution in [0.5, 0.6) is 5.75 Å². The number of ether oxygens (including phenoxy) is 1. The first-order valence-electron chi connectivity index (χ1n) is 12.8. The number of urea groups is 1. The smallest absolute Gasteiger partial charge is 0.322 e. The Morgan fingerprint density at radius 2 is 1.79 bits per heavy atom. The molecule has 1 saturated heterocycles. The summed E-state index contributed by atoms with van der Waals surface area (Å²) in [5.74, 6) is 0.770. The van der Waals surface area contributed by atoms with Crippen LogP contribution in [-0.2, 0) is 0 Å². The van der Waals surface area contributed by atoms with Crippen molar-refractivity contribution in [3.8, 4) is 16.9 Å². The van der Waals surface area contributed by atoms with Crippen LogP contribution in [0.15, 0.2) is 66.7 Å². The van der Waals surface area contributed by atoms with Crippen LogP contribution in [0.1, 0.15) is 28.4 Å². The third-order valence-electron chi connectivity index (χ3n) is 7.80. The number of aliphatic hydroxyl groups is 1. The molecule has 3 aromatic rings. The number of nitrogens with one attached hydrogen (secondary N) is 1. The molecular formula is C30H34N4O4. The highest BCUT2D eigenvalue weighted by atomic mass is 16.5. The van der Waals surface area contributed by atoms with Crippen molar-refractivity contribution in [2.45, 2.75) is 18.5 Å². The Labute approximate surface area is 223 Å². The summed E-state index contributed by atoms with van der Waals surface area (Å²) >= 11 is 0. The third kappa shape index (κ3) is 4.56. The van der Waals surface area contributed by atoms with Crippen molar-refractivity contribution in [2.75, 3.05) is 51.6 Å². The summed E-state index contributed by atoms with van der Waals surface area (Å²) in [7, 11) is 7.10. The predicted octanol–water partition coefficient (Wildman–Crippen LogP) is 4.47. The normalized spacial score (nSPS) is 20.0. The second kappa shape index (κ2) is 10.4. The molecule has 0 aliphatic carbocycles. The van der Waals surface area contributed by atoms with Crippen LogP contribution in [0.4, 0.5) is 16.2 Å². The summed E-state index contributed by atoms with van der Waals surface area (Å²) < 4.78 is 5.23. The highest BCUT2D eigenvalue weighted by molar-refractivity contribution is 5.95. The minimum atomic E-state index is -0.178. The Kier molecular flexibility index (Phi) is 6.99. The molecule has 3 amide bonds. The van der Waals surface area contributed by atoms with Gasteiger partial charge < -0.3 is 29.9 Å². The minimum Gasteiger partial charge on any atom is -0.497 e. The second-order valence-electron chi connectivity index (χ2n) is 10.2. The van der Waals surface area contributed by atoms with E-state index in [2.05, 4.69) is 22.3 Å². The van der Waals surface area contributed by atoms with Gasteiger partial charge in [0.05, 0.1) is 25.8 Å². The average molecular weight is 515 g/mol.